The van der Waals surface area contributed by atoms with Crippen LogP contribution in [0.2, 0.25) is 0 Å². The topological polar surface area (TPSA) is 30.0 Å². The van der Waals surface area contributed by atoms with Crippen molar-refractivity contribution in [1.29, 1.82) is 0 Å². The summed E-state index contributed by atoms with van der Waals surface area (Å²) < 4.78 is 12.4. The highest BCUT2D eigenvalue weighted by Gasteiger charge is 2.31. The molecule has 4 heteroatoms. The summed E-state index contributed by atoms with van der Waals surface area (Å²) in [5.74, 6) is 0. The van der Waals surface area contributed by atoms with E-state index in [1.807, 2.05) is 0 Å². The number of unbranched alkanes of at least 4 members (excludes halogenated alkanes) is 1. The first-order valence-corrected chi connectivity index (χ1v) is 8.23. The van der Waals surface area contributed by atoms with Crippen molar-refractivity contribution in [3.05, 3.63) is 28.0 Å². The molecule has 0 saturated carbocycles. The Morgan fingerprint density at radius 3 is 2.44 bits per heavy atom. The Morgan fingerprint density at radius 1 is 1.28 bits per heavy atom. The summed E-state index contributed by atoms with van der Waals surface area (Å²) in [7, 11) is 0.168. The summed E-state index contributed by atoms with van der Waals surface area (Å²) in [6.45, 7) is 6.33. The lowest BCUT2D eigenvalue weighted by molar-refractivity contribution is 0.511. The van der Waals surface area contributed by atoms with E-state index in [2.05, 4.69) is 53.8 Å². The molecule has 1 aromatic heterocycles. The van der Waals surface area contributed by atoms with E-state index < -0.39 is 0 Å². The molecular weight excluding hydrogens is 309 g/mol. The van der Waals surface area contributed by atoms with Gasteiger partial charge in [-0.1, -0.05) is 27.2 Å². The molecule has 0 aromatic carbocycles. The Kier molecular flexibility index (Phi) is 6.45. The third-order valence-corrected chi connectivity index (χ3v) is 5.11. The second-order valence-corrected chi connectivity index (χ2v) is 6.47. The van der Waals surface area contributed by atoms with Crippen LogP contribution < -0.4 is 0 Å². The van der Waals surface area contributed by atoms with Crippen molar-refractivity contribution in [1.82, 2.24) is 4.98 Å². The molecule has 0 radical (unpaired) electrons. The molecule has 0 fully saturated rings. The van der Waals surface area contributed by atoms with Crippen LogP contribution in [0, 0.1) is 0 Å². The average Bonchev–Trinajstić information content (AvgIpc) is 2.39. The Labute approximate surface area is 120 Å². The lowest BCUT2D eigenvalue weighted by Gasteiger charge is -2.23. The highest BCUT2D eigenvalue weighted by Crippen LogP contribution is 2.41. The second kappa shape index (κ2) is 7.35. The molecule has 0 atom stereocenters. The van der Waals surface area contributed by atoms with Gasteiger partial charge in [-0.3, -0.25) is 4.57 Å². The SMILES string of the molecule is CCCCc1cc(Br)nc(C(CC)(CC)P=O)c1. The van der Waals surface area contributed by atoms with Crippen LogP contribution >= 0.6 is 24.4 Å². The zero-order chi connectivity index (χ0) is 13.6. The van der Waals surface area contributed by atoms with E-state index >= 15 is 0 Å². The Bertz CT molecular complexity index is 405. The Morgan fingerprint density at radius 2 is 1.94 bits per heavy atom. The number of hydrogen-bond acceptors (Lipinski definition) is 2. The van der Waals surface area contributed by atoms with Crippen LogP contribution in [0.1, 0.15) is 57.7 Å². The molecule has 100 valence electrons. The van der Waals surface area contributed by atoms with Crippen LogP contribution in [-0.2, 0) is 16.1 Å². The monoisotopic (exact) mass is 329 g/mol. The van der Waals surface area contributed by atoms with E-state index in [1.54, 1.807) is 0 Å². The number of aromatic nitrogens is 1. The zero-order valence-electron chi connectivity index (χ0n) is 11.4. The molecule has 0 bridgehead atoms. The van der Waals surface area contributed by atoms with Gasteiger partial charge in [0.25, 0.3) is 0 Å². The summed E-state index contributed by atoms with van der Waals surface area (Å²) in [5, 5.41) is -0.329. The quantitative estimate of drug-likeness (QED) is 0.488. The fraction of sp³-hybridized carbons (Fsp3) is 0.643. The second-order valence-electron chi connectivity index (χ2n) is 4.62. The molecule has 0 aliphatic heterocycles. The van der Waals surface area contributed by atoms with Gasteiger partial charge in [0.2, 0.25) is 0 Å². The fourth-order valence-corrected chi connectivity index (χ4v) is 3.05. The standard InChI is InChI=1S/C14H21BrNOP/c1-4-7-8-11-9-12(16-13(15)10-11)14(5-2,6-3)18-17/h9-10H,4-8H2,1-3H3. The van der Waals surface area contributed by atoms with Gasteiger partial charge in [-0.25, -0.2) is 4.98 Å². The highest BCUT2D eigenvalue weighted by atomic mass is 79.9. The van der Waals surface area contributed by atoms with Crippen LogP contribution in [0.5, 0.6) is 0 Å². The number of pyridine rings is 1. The molecule has 1 heterocycles. The van der Waals surface area contributed by atoms with Crippen LogP contribution in [-0.4, -0.2) is 4.98 Å². The van der Waals surface area contributed by atoms with Gasteiger partial charge in [0.1, 0.15) is 4.60 Å². The van der Waals surface area contributed by atoms with Crippen LogP contribution in [0.15, 0.2) is 16.7 Å². The lowest BCUT2D eigenvalue weighted by atomic mass is 9.95. The van der Waals surface area contributed by atoms with Crippen LogP contribution in [0.4, 0.5) is 0 Å². The third kappa shape index (κ3) is 3.61. The largest absolute Gasteiger partial charge is 0.274 e. The van der Waals surface area contributed by atoms with Crippen molar-refractivity contribution in [2.75, 3.05) is 0 Å². The number of rotatable bonds is 7. The van der Waals surface area contributed by atoms with E-state index in [-0.39, 0.29) is 13.6 Å². The van der Waals surface area contributed by atoms with Crippen molar-refractivity contribution in [2.24, 2.45) is 0 Å². The molecule has 0 amide bonds. The van der Waals surface area contributed by atoms with Gasteiger partial charge >= 0.3 is 0 Å². The molecule has 0 unspecified atom stereocenters. The molecule has 0 N–H and O–H groups in total. The summed E-state index contributed by atoms with van der Waals surface area (Å²) in [6, 6.07) is 4.19. The van der Waals surface area contributed by atoms with Gasteiger partial charge in [0.15, 0.2) is 8.46 Å². The summed E-state index contributed by atoms with van der Waals surface area (Å²) >= 11 is 3.47. The van der Waals surface area contributed by atoms with Crippen LogP contribution in [0.25, 0.3) is 0 Å². The summed E-state index contributed by atoms with van der Waals surface area (Å²) in [4.78, 5) is 4.54. The van der Waals surface area contributed by atoms with E-state index in [9.17, 15) is 4.57 Å². The molecule has 18 heavy (non-hydrogen) atoms. The highest BCUT2D eigenvalue weighted by molar-refractivity contribution is 9.10. The molecule has 2 nitrogen and oxygen atoms in total. The number of nitrogens with zero attached hydrogens (tertiary/aromatic N) is 1. The van der Waals surface area contributed by atoms with Crippen molar-refractivity contribution >= 4 is 24.4 Å². The summed E-state index contributed by atoms with van der Waals surface area (Å²) in [6.07, 6.45) is 5.10. The van der Waals surface area contributed by atoms with Crippen molar-refractivity contribution in [3.8, 4) is 0 Å². The van der Waals surface area contributed by atoms with Crippen molar-refractivity contribution < 1.29 is 4.57 Å². The average molecular weight is 330 g/mol. The molecule has 0 saturated heterocycles. The minimum Gasteiger partial charge on any atom is -0.274 e. The maximum atomic E-state index is 11.6. The van der Waals surface area contributed by atoms with E-state index in [0.29, 0.717) is 0 Å². The fourth-order valence-electron chi connectivity index (χ4n) is 2.10. The minimum atomic E-state index is -0.329. The van der Waals surface area contributed by atoms with Crippen LogP contribution in [0.3, 0.4) is 0 Å². The van der Waals surface area contributed by atoms with Crippen molar-refractivity contribution in [2.45, 2.75) is 58.0 Å². The number of hydrogen-bond donors (Lipinski definition) is 0. The van der Waals surface area contributed by atoms with Gasteiger partial charge in [0.05, 0.1) is 10.9 Å². The predicted molar refractivity (Wildman–Crippen MR) is 80.4 cm³/mol. The number of halogens is 1. The van der Waals surface area contributed by atoms with Gasteiger partial charge in [-0.05, 0) is 59.3 Å². The van der Waals surface area contributed by atoms with Gasteiger partial charge < -0.3 is 0 Å². The summed E-state index contributed by atoms with van der Waals surface area (Å²) in [5.41, 5.74) is 2.23. The molecule has 1 rings (SSSR count). The smallest absolute Gasteiger partial charge is 0.168 e. The zero-order valence-corrected chi connectivity index (χ0v) is 13.9. The van der Waals surface area contributed by atoms with Gasteiger partial charge in [-0.2, -0.15) is 0 Å². The number of aryl methyl sites for hydroxylation is 1. The lowest BCUT2D eigenvalue weighted by Crippen LogP contribution is -2.18. The first-order chi connectivity index (χ1) is 8.61. The normalized spacial score (nSPS) is 12.0. The maximum Gasteiger partial charge on any atom is 0.168 e. The Hall–Kier alpha value is -0.270. The van der Waals surface area contributed by atoms with E-state index in [4.69, 9.17) is 0 Å². The van der Waals surface area contributed by atoms with Gasteiger partial charge in [0, 0.05) is 0 Å². The molecule has 1 aromatic rings. The maximum absolute atomic E-state index is 11.6. The molecule has 0 aliphatic rings. The minimum absolute atomic E-state index is 0.168. The first kappa shape index (κ1) is 15.8. The molecule has 0 aliphatic carbocycles. The Balaban J connectivity index is 3.14. The van der Waals surface area contributed by atoms with E-state index in [0.717, 1.165) is 29.6 Å². The third-order valence-electron chi connectivity index (χ3n) is 3.49. The predicted octanol–water partition coefficient (Wildman–Crippen LogP) is 5.49. The van der Waals surface area contributed by atoms with Gasteiger partial charge in [-0.15, -0.1) is 0 Å². The first-order valence-electron chi connectivity index (χ1n) is 6.63. The van der Waals surface area contributed by atoms with Crippen molar-refractivity contribution in [3.63, 3.8) is 0 Å². The molecule has 0 spiro atoms. The van der Waals surface area contributed by atoms with E-state index in [1.165, 1.54) is 18.4 Å². The molecular formula is C14H21BrNOP.